The van der Waals surface area contributed by atoms with Gasteiger partial charge in [-0.1, -0.05) is 13.8 Å². The monoisotopic (exact) mass is 297 g/mol. The molecular weight excluding hydrogens is 274 g/mol. The molecule has 1 saturated heterocycles. The zero-order chi connectivity index (χ0) is 14.4. The van der Waals surface area contributed by atoms with Crippen LogP contribution in [0.5, 0.6) is 0 Å². The van der Waals surface area contributed by atoms with Crippen molar-refractivity contribution in [3.05, 3.63) is 5.82 Å². The lowest BCUT2D eigenvalue weighted by Crippen LogP contribution is -2.49. The molecule has 1 aromatic rings. The van der Waals surface area contributed by atoms with Crippen molar-refractivity contribution in [2.45, 2.75) is 26.7 Å². The molecule has 0 spiro atoms. The molecule has 1 aliphatic heterocycles. The first-order valence-electron chi connectivity index (χ1n) is 7.29. The van der Waals surface area contributed by atoms with Crippen LogP contribution < -0.4 is 10.2 Å². The third-order valence-electron chi connectivity index (χ3n) is 3.36. The van der Waals surface area contributed by atoms with Crippen molar-refractivity contribution in [3.63, 3.8) is 0 Å². The molecule has 0 saturated carbocycles. The Morgan fingerprint density at radius 1 is 1.30 bits per heavy atom. The Kier molecular flexibility index (Phi) is 5.72. The molecular formula is C13H23N5OS. The van der Waals surface area contributed by atoms with E-state index in [1.165, 1.54) is 11.5 Å². The highest BCUT2D eigenvalue weighted by Crippen LogP contribution is 2.19. The quantitative estimate of drug-likeness (QED) is 0.839. The zero-order valence-corrected chi connectivity index (χ0v) is 13.1. The Labute approximate surface area is 124 Å². The number of carbonyl (C=O) groups excluding carboxylic acids is 1. The van der Waals surface area contributed by atoms with Crippen molar-refractivity contribution >= 4 is 22.6 Å². The summed E-state index contributed by atoms with van der Waals surface area (Å²) >= 11 is 1.47. The SMILES string of the molecule is CCCNC(=O)CN1CCN(c2nc(CC)ns2)CC1. The third-order valence-corrected chi connectivity index (χ3v) is 4.17. The fraction of sp³-hybridized carbons (Fsp3) is 0.769. The van der Waals surface area contributed by atoms with Gasteiger partial charge in [-0.05, 0) is 6.42 Å². The number of carbonyl (C=O) groups is 1. The number of aromatic nitrogens is 2. The molecule has 1 aliphatic rings. The van der Waals surface area contributed by atoms with E-state index in [-0.39, 0.29) is 5.91 Å². The summed E-state index contributed by atoms with van der Waals surface area (Å²) in [6, 6.07) is 0. The van der Waals surface area contributed by atoms with E-state index >= 15 is 0 Å². The second-order valence-corrected chi connectivity index (χ2v) is 5.69. The lowest BCUT2D eigenvalue weighted by molar-refractivity contribution is -0.122. The molecule has 2 rings (SSSR count). The van der Waals surface area contributed by atoms with Crippen molar-refractivity contribution in [2.24, 2.45) is 0 Å². The average Bonchev–Trinajstić information content (AvgIpc) is 2.95. The Hall–Kier alpha value is -1.21. The van der Waals surface area contributed by atoms with Gasteiger partial charge in [0, 0.05) is 50.7 Å². The summed E-state index contributed by atoms with van der Waals surface area (Å²) in [4.78, 5) is 20.7. The van der Waals surface area contributed by atoms with Gasteiger partial charge in [-0.25, -0.2) is 4.98 Å². The molecule has 20 heavy (non-hydrogen) atoms. The maximum Gasteiger partial charge on any atom is 0.234 e. The predicted octanol–water partition coefficient (Wildman–Crippen LogP) is 0.749. The first kappa shape index (κ1) is 15.2. The van der Waals surface area contributed by atoms with Crippen molar-refractivity contribution in [3.8, 4) is 0 Å². The Morgan fingerprint density at radius 3 is 2.65 bits per heavy atom. The summed E-state index contributed by atoms with van der Waals surface area (Å²) < 4.78 is 4.32. The largest absolute Gasteiger partial charge is 0.355 e. The number of piperazine rings is 1. The lowest BCUT2D eigenvalue weighted by Gasteiger charge is -2.33. The number of rotatable bonds is 6. The molecule has 112 valence electrons. The van der Waals surface area contributed by atoms with Crippen LogP contribution in [0.1, 0.15) is 26.1 Å². The Bertz CT molecular complexity index is 428. The van der Waals surface area contributed by atoms with E-state index in [0.29, 0.717) is 6.54 Å². The van der Waals surface area contributed by atoms with Crippen LogP contribution >= 0.6 is 11.5 Å². The standard InChI is InChI=1S/C13H23N5OS/c1-3-5-14-12(19)10-17-6-8-18(9-7-17)13-15-11(4-2)16-20-13/h3-10H2,1-2H3,(H,14,19). The van der Waals surface area contributed by atoms with Gasteiger partial charge in [0.1, 0.15) is 5.82 Å². The molecule has 2 heterocycles. The van der Waals surface area contributed by atoms with E-state index in [1.54, 1.807) is 0 Å². The van der Waals surface area contributed by atoms with E-state index < -0.39 is 0 Å². The van der Waals surface area contributed by atoms with Gasteiger partial charge in [0.2, 0.25) is 11.0 Å². The second kappa shape index (κ2) is 7.54. The molecule has 1 N–H and O–H groups in total. The lowest BCUT2D eigenvalue weighted by atomic mass is 10.3. The first-order chi connectivity index (χ1) is 9.72. The molecule has 1 fully saturated rings. The highest BCUT2D eigenvalue weighted by molar-refractivity contribution is 7.09. The van der Waals surface area contributed by atoms with Gasteiger partial charge in [0.15, 0.2) is 0 Å². The fourth-order valence-electron chi connectivity index (χ4n) is 2.14. The summed E-state index contributed by atoms with van der Waals surface area (Å²) in [5, 5.41) is 3.93. The summed E-state index contributed by atoms with van der Waals surface area (Å²) in [6.45, 7) is 9.04. The minimum Gasteiger partial charge on any atom is -0.355 e. The molecule has 7 heteroatoms. The Balaban J connectivity index is 1.76. The van der Waals surface area contributed by atoms with Crippen molar-refractivity contribution < 1.29 is 4.79 Å². The van der Waals surface area contributed by atoms with Gasteiger partial charge in [-0.3, -0.25) is 9.69 Å². The number of aryl methyl sites for hydroxylation is 1. The molecule has 0 atom stereocenters. The smallest absolute Gasteiger partial charge is 0.234 e. The van der Waals surface area contributed by atoms with E-state index in [2.05, 4.69) is 38.3 Å². The number of anilines is 1. The van der Waals surface area contributed by atoms with E-state index in [1.807, 2.05) is 0 Å². The summed E-state index contributed by atoms with van der Waals surface area (Å²) in [5.41, 5.74) is 0. The van der Waals surface area contributed by atoms with Crippen molar-refractivity contribution in [1.29, 1.82) is 0 Å². The highest BCUT2D eigenvalue weighted by Gasteiger charge is 2.21. The fourth-order valence-corrected chi connectivity index (χ4v) is 2.94. The summed E-state index contributed by atoms with van der Waals surface area (Å²) in [6.07, 6.45) is 1.87. The topological polar surface area (TPSA) is 61.4 Å². The zero-order valence-electron chi connectivity index (χ0n) is 12.3. The first-order valence-corrected chi connectivity index (χ1v) is 8.06. The predicted molar refractivity (Wildman–Crippen MR) is 81.2 cm³/mol. The molecule has 1 aromatic heterocycles. The maximum atomic E-state index is 11.7. The molecule has 0 bridgehead atoms. The van der Waals surface area contributed by atoms with Gasteiger partial charge in [0.05, 0.1) is 6.54 Å². The Morgan fingerprint density at radius 2 is 2.05 bits per heavy atom. The number of hydrogen-bond donors (Lipinski definition) is 1. The number of hydrogen-bond acceptors (Lipinski definition) is 6. The average molecular weight is 297 g/mol. The highest BCUT2D eigenvalue weighted by atomic mass is 32.1. The van der Waals surface area contributed by atoms with Crippen LogP contribution in [0.3, 0.4) is 0 Å². The number of amides is 1. The van der Waals surface area contributed by atoms with Crippen LogP contribution in [0, 0.1) is 0 Å². The van der Waals surface area contributed by atoms with Crippen molar-refractivity contribution in [1.82, 2.24) is 19.6 Å². The summed E-state index contributed by atoms with van der Waals surface area (Å²) in [7, 11) is 0. The van der Waals surface area contributed by atoms with Crippen LogP contribution in [-0.2, 0) is 11.2 Å². The van der Waals surface area contributed by atoms with Crippen LogP contribution in [0.15, 0.2) is 0 Å². The minimum absolute atomic E-state index is 0.129. The van der Waals surface area contributed by atoms with Gasteiger partial charge < -0.3 is 10.2 Å². The van der Waals surface area contributed by atoms with Gasteiger partial charge in [0.25, 0.3) is 0 Å². The van der Waals surface area contributed by atoms with Gasteiger partial charge in [-0.15, -0.1) is 0 Å². The van der Waals surface area contributed by atoms with Crippen molar-refractivity contribution in [2.75, 3.05) is 44.2 Å². The molecule has 6 nitrogen and oxygen atoms in total. The number of nitrogens with one attached hydrogen (secondary N) is 1. The summed E-state index contributed by atoms with van der Waals surface area (Å²) in [5.74, 6) is 1.05. The van der Waals surface area contributed by atoms with Crippen LogP contribution in [0.25, 0.3) is 0 Å². The van der Waals surface area contributed by atoms with Crippen LogP contribution in [0.2, 0.25) is 0 Å². The molecule has 1 amide bonds. The normalized spacial score (nSPS) is 16.4. The van der Waals surface area contributed by atoms with Crippen LogP contribution in [0.4, 0.5) is 5.13 Å². The molecule has 0 aromatic carbocycles. The van der Waals surface area contributed by atoms with E-state index in [0.717, 1.165) is 56.5 Å². The molecule has 0 unspecified atom stereocenters. The number of nitrogens with zero attached hydrogens (tertiary/aromatic N) is 4. The second-order valence-electron chi connectivity index (χ2n) is 4.96. The van der Waals surface area contributed by atoms with E-state index in [9.17, 15) is 4.79 Å². The van der Waals surface area contributed by atoms with Gasteiger partial charge in [-0.2, -0.15) is 4.37 Å². The van der Waals surface area contributed by atoms with Crippen LogP contribution in [-0.4, -0.2) is 59.4 Å². The third kappa shape index (κ3) is 4.14. The molecule has 0 aliphatic carbocycles. The maximum absolute atomic E-state index is 11.7. The molecule has 0 radical (unpaired) electrons. The van der Waals surface area contributed by atoms with E-state index in [4.69, 9.17) is 0 Å². The van der Waals surface area contributed by atoms with Gasteiger partial charge >= 0.3 is 0 Å². The minimum atomic E-state index is 0.129.